The van der Waals surface area contributed by atoms with Gasteiger partial charge in [-0.2, -0.15) is 5.10 Å². The number of hydrogen-bond acceptors (Lipinski definition) is 5. The zero-order valence-electron chi connectivity index (χ0n) is 16.8. The fourth-order valence-corrected chi connectivity index (χ4v) is 4.89. The Morgan fingerprint density at radius 3 is 2.75 bits per heavy atom. The van der Waals surface area contributed by atoms with Crippen LogP contribution in [0.3, 0.4) is 0 Å². The van der Waals surface area contributed by atoms with Crippen molar-refractivity contribution in [3.8, 4) is 0 Å². The predicted octanol–water partition coefficient (Wildman–Crippen LogP) is 2.43. The zero-order valence-corrected chi connectivity index (χ0v) is 16.8. The van der Waals surface area contributed by atoms with Gasteiger partial charge < -0.3 is 9.80 Å². The second-order valence-corrected chi connectivity index (χ2v) is 8.57. The number of nitrogens with zero attached hydrogens (tertiary/aromatic N) is 5. The fourth-order valence-electron chi connectivity index (χ4n) is 4.89. The molecule has 1 saturated heterocycles. The highest BCUT2D eigenvalue weighted by molar-refractivity contribution is 5.94. The number of carbonyl (C=O) groups is 1. The number of aromatic amines is 1. The number of anilines is 1. The van der Waals surface area contributed by atoms with Crippen molar-refractivity contribution in [2.75, 3.05) is 24.5 Å². The van der Waals surface area contributed by atoms with Gasteiger partial charge in [-0.05, 0) is 51.4 Å². The molecule has 2 aliphatic heterocycles. The molecule has 0 spiro atoms. The van der Waals surface area contributed by atoms with Gasteiger partial charge in [0.1, 0.15) is 11.6 Å². The van der Waals surface area contributed by atoms with Crippen molar-refractivity contribution in [2.24, 2.45) is 5.92 Å². The lowest BCUT2D eigenvalue weighted by Crippen LogP contribution is -2.38. The Balaban J connectivity index is 1.42. The van der Waals surface area contributed by atoms with Crippen LogP contribution in [0.4, 0.5) is 5.82 Å². The number of fused-ring (bicyclic) bond motifs is 2. The summed E-state index contributed by atoms with van der Waals surface area (Å²) in [4.78, 5) is 27.0. The molecule has 1 aliphatic carbocycles. The van der Waals surface area contributed by atoms with Gasteiger partial charge in [0.05, 0.1) is 12.2 Å². The van der Waals surface area contributed by atoms with Crippen LogP contribution in [0.2, 0.25) is 0 Å². The van der Waals surface area contributed by atoms with Crippen LogP contribution in [0, 0.1) is 12.8 Å². The number of nitrogens with one attached hydrogen (secondary N) is 1. The topological polar surface area (TPSA) is 78.0 Å². The van der Waals surface area contributed by atoms with E-state index in [4.69, 9.17) is 9.97 Å². The molecule has 7 heteroatoms. The summed E-state index contributed by atoms with van der Waals surface area (Å²) in [6, 6.07) is 0. The quantitative estimate of drug-likeness (QED) is 0.866. The molecule has 0 aromatic carbocycles. The van der Waals surface area contributed by atoms with Crippen LogP contribution in [-0.2, 0) is 25.8 Å². The van der Waals surface area contributed by atoms with Gasteiger partial charge in [-0.1, -0.05) is 6.92 Å². The summed E-state index contributed by atoms with van der Waals surface area (Å²) in [5.74, 6) is 2.53. The van der Waals surface area contributed by atoms with Crippen molar-refractivity contribution < 1.29 is 4.79 Å². The van der Waals surface area contributed by atoms with Gasteiger partial charge in [-0.15, -0.1) is 0 Å². The highest BCUT2D eigenvalue weighted by Gasteiger charge is 2.32. The van der Waals surface area contributed by atoms with E-state index in [1.807, 2.05) is 11.8 Å². The molecule has 1 N–H and O–H groups in total. The molecule has 0 saturated carbocycles. The lowest BCUT2D eigenvalue weighted by Gasteiger charge is -2.31. The Bertz CT molecular complexity index is 914. The van der Waals surface area contributed by atoms with E-state index in [1.54, 1.807) is 0 Å². The number of aryl methyl sites for hydroxylation is 2. The molecule has 0 radical (unpaired) electrons. The third-order valence-corrected chi connectivity index (χ3v) is 6.44. The van der Waals surface area contributed by atoms with Crippen molar-refractivity contribution in [3.63, 3.8) is 0 Å². The smallest absolute Gasteiger partial charge is 0.275 e. The molecule has 1 fully saturated rings. The molecule has 2 aromatic heterocycles. The summed E-state index contributed by atoms with van der Waals surface area (Å²) >= 11 is 0. The summed E-state index contributed by atoms with van der Waals surface area (Å²) in [5, 5.41) is 7.52. The molecule has 5 rings (SSSR count). The maximum absolute atomic E-state index is 13.3. The van der Waals surface area contributed by atoms with Gasteiger partial charge in [0, 0.05) is 36.5 Å². The van der Waals surface area contributed by atoms with Crippen molar-refractivity contribution in [3.05, 3.63) is 34.0 Å². The largest absolute Gasteiger partial charge is 0.356 e. The predicted molar refractivity (Wildman–Crippen MR) is 106 cm³/mol. The molecule has 4 heterocycles. The monoisotopic (exact) mass is 380 g/mol. The average molecular weight is 380 g/mol. The summed E-state index contributed by atoms with van der Waals surface area (Å²) in [6.45, 7) is 7.60. The molecule has 1 amide bonds. The first kappa shape index (κ1) is 17.6. The first-order chi connectivity index (χ1) is 13.6. The minimum absolute atomic E-state index is 0.0382. The third kappa shape index (κ3) is 2.97. The Labute approximate surface area is 165 Å². The van der Waals surface area contributed by atoms with Crippen LogP contribution in [0.25, 0.3) is 0 Å². The molecule has 2 aromatic rings. The van der Waals surface area contributed by atoms with E-state index in [2.05, 4.69) is 22.0 Å². The number of carbonyl (C=O) groups excluding carboxylic acids is 1. The van der Waals surface area contributed by atoms with E-state index >= 15 is 0 Å². The van der Waals surface area contributed by atoms with E-state index in [-0.39, 0.29) is 5.91 Å². The molecule has 3 aliphatic rings. The van der Waals surface area contributed by atoms with Crippen LogP contribution in [-0.4, -0.2) is 50.6 Å². The summed E-state index contributed by atoms with van der Waals surface area (Å²) < 4.78 is 0. The molecular formula is C21H28N6O. The van der Waals surface area contributed by atoms with E-state index in [0.29, 0.717) is 24.7 Å². The van der Waals surface area contributed by atoms with Crippen LogP contribution >= 0.6 is 0 Å². The van der Waals surface area contributed by atoms with Gasteiger partial charge in [-0.25, -0.2) is 9.97 Å². The first-order valence-electron chi connectivity index (χ1n) is 10.6. The Hall–Kier alpha value is -2.44. The number of H-pyrrole nitrogens is 1. The van der Waals surface area contributed by atoms with Gasteiger partial charge >= 0.3 is 0 Å². The Morgan fingerprint density at radius 1 is 1.11 bits per heavy atom. The normalized spacial score (nSPS) is 21.6. The third-order valence-electron chi connectivity index (χ3n) is 6.44. The van der Waals surface area contributed by atoms with E-state index in [0.717, 1.165) is 67.4 Å². The van der Waals surface area contributed by atoms with Gasteiger partial charge in [0.15, 0.2) is 5.69 Å². The van der Waals surface area contributed by atoms with E-state index in [1.165, 1.54) is 18.4 Å². The number of aromatic nitrogens is 4. The fraction of sp³-hybridized carbons (Fsp3) is 0.619. The number of hydrogen-bond donors (Lipinski definition) is 1. The van der Waals surface area contributed by atoms with Crippen molar-refractivity contribution in [2.45, 2.75) is 58.9 Å². The first-order valence-corrected chi connectivity index (χ1v) is 10.6. The molecular weight excluding hydrogens is 352 g/mol. The maximum atomic E-state index is 13.3. The Morgan fingerprint density at radius 2 is 1.93 bits per heavy atom. The van der Waals surface area contributed by atoms with Crippen LogP contribution in [0.15, 0.2) is 0 Å². The van der Waals surface area contributed by atoms with Crippen LogP contribution < -0.4 is 4.90 Å². The van der Waals surface area contributed by atoms with E-state index in [9.17, 15) is 4.79 Å². The van der Waals surface area contributed by atoms with Gasteiger partial charge in [0.2, 0.25) is 0 Å². The van der Waals surface area contributed by atoms with Crippen LogP contribution in [0.1, 0.15) is 65.0 Å². The molecule has 0 unspecified atom stereocenters. The summed E-state index contributed by atoms with van der Waals surface area (Å²) in [6.07, 6.45) is 6.37. The zero-order chi connectivity index (χ0) is 19.3. The Kier molecular flexibility index (Phi) is 4.33. The minimum Gasteiger partial charge on any atom is -0.356 e. The van der Waals surface area contributed by atoms with Gasteiger partial charge in [0.25, 0.3) is 5.91 Å². The molecule has 1 atom stereocenters. The van der Waals surface area contributed by atoms with Crippen molar-refractivity contribution in [1.29, 1.82) is 0 Å². The van der Waals surface area contributed by atoms with Crippen molar-refractivity contribution in [1.82, 2.24) is 25.1 Å². The molecule has 28 heavy (non-hydrogen) atoms. The average Bonchev–Trinajstić information content (AvgIpc) is 3.36. The van der Waals surface area contributed by atoms with Crippen LogP contribution in [0.5, 0.6) is 0 Å². The summed E-state index contributed by atoms with van der Waals surface area (Å²) in [5.41, 5.74) is 5.14. The second-order valence-electron chi connectivity index (χ2n) is 8.57. The molecule has 148 valence electrons. The standard InChI is InChI=1S/C21H28N6O/c1-13-5-6-17-16(11-13)19(25-24-17)21(28)27-10-7-15-18(12-27)22-14(2)23-20(15)26-8-3-4-9-26/h13H,3-12H2,1-2H3,(H,24,25)/t13-/m1/s1. The summed E-state index contributed by atoms with van der Waals surface area (Å²) in [7, 11) is 0. The highest BCUT2D eigenvalue weighted by atomic mass is 16.2. The van der Waals surface area contributed by atoms with E-state index < -0.39 is 0 Å². The van der Waals surface area contributed by atoms with Gasteiger partial charge in [-0.3, -0.25) is 9.89 Å². The lowest BCUT2D eigenvalue weighted by molar-refractivity contribution is 0.0724. The highest BCUT2D eigenvalue weighted by Crippen LogP contribution is 2.31. The molecule has 0 bridgehead atoms. The minimum atomic E-state index is 0.0382. The SMILES string of the molecule is Cc1nc2c(c(N3CCCC3)n1)CCN(C(=O)c1n[nH]c3c1C[C@H](C)CC3)C2. The second kappa shape index (κ2) is 6.87. The molecule has 7 nitrogen and oxygen atoms in total. The lowest BCUT2D eigenvalue weighted by atomic mass is 9.87. The number of amides is 1. The number of rotatable bonds is 2. The van der Waals surface area contributed by atoms with Crippen molar-refractivity contribution >= 4 is 11.7 Å². The maximum Gasteiger partial charge on any atom is 0.275 e.